The summed E-state index contributed by atoms with van der Waals surface area (Å²) in [6.07, 6.45) is 1.50. The number of benzene rings is 1. The van der Waals surface area contributed by atoms with E-state index < -0.39 is 17.7 Å². The molecule has 0 radical (unpaired) electrons. The number of aliphatic hydroxyl groups is 1. The predicted molar refractivity (Wildman–Crippen MR) is 84.9 cm³/mol. The maximum atomic E-state index is 12.5. The van der Waals surface area contributed by atoms with E-state index in [1.165, 1.54) is 18.1 Å². The van der Waals surface area contributed by atoms with Crippen molar-refractivity contribution < 1.29 is 28.6 Å². The lowest BCUT2D eigenvalue weighted by atomic mass is 9.96. The van der Waals surface area contributed by atoms with Crippen LogP contribution in [0.15, 0.2) is 52.3 Å². The third-order valence-corrected chi connectivity index (χ3v) is 4.30. The highest BCUT2D eigenvalue weighted by atomic mass is 16.7. The van der Waals surface area contributed by atoms with Crippen LogP contribution in [0.25, 0.3) is 0 Å². The molecule has 1 atom stereocenters. The van der Waals surface area contributed by atoms with Gasteiger partial charge < -0.3 is 23.9 Å². The lowest BCUT2D eigenvalue weighted by Gasteiger charge is -2.25. The Hall–Kier alpha value is -3.22. The minimum atomic E-state index is -0.718. The van der Waals surface area contributed by atoms with E-state index in [9.17, 15) is 14.7 Å². The summed E-state index contributed by atoms with van der Waals surface area (Å²) in [5.74, 6) is 0.193. The minimum absolute atomic E-state index is 0.0652. The molecular formula is C18H15NO6. The van der Waals surface area contributed by atoms with E-state index in [2.05, 4.69) is 0 Å². The number of ether oxygens (including phenoxy) is 2. The molecule has 3 heterocycles. The van der Waals surface area contributed by atoms with Gasteiger partial charge in [-0.05, 0) is 36.8 Å². The second-order valence-electron chi connectivity index (χ2n) is 5.85. The van der Waals surface area contributed by atoms with E-state index in [1.807, 2.05) is 0 Å². The molecule has 1 aromatic carbocycles. The van der Waals surface area contributed by atoms with Crippen molar-refractivity contribution >= 4 is 11.7 Å². The number of Topliss-reactive ketones (excluding diaryl/α,β-unsaturated/α-hetero) is 1. The third-order valence-electron chi connectivity index (χ3n) is 4.30. The van der Waals surface area contributed by atoms with Crippen molar-refractivity contribution in [3.05, 3.63) is 59.3 Å². The summed E-state index contributed by atoms with van der Waals surface area (Å²) < 4.78 is 16.0. The zero-order chi connectivity index (χ0) is 17.6. The molecule has 0 spiro atoms. The van der Waals surface area contributed by atoms with Gasteiger partial charge in [-0.15, -0.1) is 0 Å². The number of furan rings is 1. The molecule has 25 heavy (non-hydrogen) atoms. The average Bonchev–Trinajstić information content (AvgIpc) is 3.30. The molecule has 4 rings (SSSR count). The Morgan fingerprint density at radius 1 is 1.28 bits per heavy atom. The number of rotatable bonds is 4. The quantitative estimate of drug-likeness (QED) is 0.919. The fourth-order valence-corrected chi connectivity index (χ4v) is 3.18. The maximum absolute atomic E-state index is 12.5. The number of carbonyl (C=O) groups excluding carboxylic acids is 2. The van der Waals surface area contributed by atoms with E-state index in [0.717, 1.165) is 0 Å². The molecule has 1 N–H and O–H groups in total. The zero-order valence-electron chi connectivity index (χ0n) is 13.4. The van der Waals surface area contributed by atoms with Crippen molar-refractivity contribution in [2.75, 3.05) is 6.79 Å². The highest BCUT2D eigenvalue weighted by Crippen LogP contribution is 2.42. The Morgan fingerprint density at radius 2 is 2.08 bits per heavy atom. The van der Waals surface area contributed by atoms with Crippen LogP contribution in [0.2, 0.25) is 0 Å². The van der Waals surface area contributed by atoms with Crippen molar-refractivity contribution in [3.8, 4) is 11.5 Å². The molecule has 0 unspecified atom stereocenters. The smallest absolute Gasteiger partial charge is 0.290 e. The van der Waals surface area contributed by atoms with Crippen LogP contribution in [0.1, 0.15) is 24.3 Å². The second kappa shape index (κ2) is 5.70. The van der Waals surface area contributed by atoms with Gasteiger partial charge in [0.15, 0.2) is 23.0 Å². The molecule has 2 aromatic rings. The Kier molecular flexibility index (Phi) is 3.49. The van der Waals surface area contributed by atoms with Crippen molar-refractivity contribution in [3.63, 3.8) is 0 Å². The predicted octanol–water partition coefficient (Wildman–Crippen LogP) is 2.49. The van der Waals surface area contributed by atoms with Crippen molar-refractivity contribution in [1.29, 1.82) is 0 Å². The molecule has 0 aliphatic carbocycles. The standard InChI is InChI=1S/C18H15NO6/c1-10(20)15-16(11-4-5-13-14(7-11)25-9-24-13)19(18(22)17(15)21)8-12-3-2-6-23-12/h2-7,16,21H,8-9H2,1H3/t16-/m1/s1. The van der Waals surface area contributed by atoms with Crippen LogP contribution in [0.4, 0.5) is 0 Å². The van der Waals surface area contributed by atoms with Gasteiger partial charge in [-0.25, -0.2) is 0 Å². The van der Waals surface area contributed by atoms with Gasteiger partial charge in [0, 0.05) is 0 Å². The van der Waals surface area contributed by atoms with E-state index in [1.54, 1.807) is 30.3 Å². The fraction of sp³-hybridized carbons (Fsp3) is 0.222. The van der Waals surface area contributed by atoms with Crippen LogP contribution in [-0.4, -0.2) is 28.5 Å². The van der Waals surface area contributed by atoms with Crippen LogP contribution < -0.4 is 9.47 Å². The van der Waals surface area contributed by atoms with Crippen LogP contribution in [0.3, 0.4) is 0 Å². The van der Waals surface area contributed by atoms with Gasteiger partial charge in [-0.2, -0.15) is 0 Å². The van der Waals surface area contributed by atoms with Gasteiger partial charge in [0.25, 0.3) is 5.91 Å². The number of hydrogen-bond donors (Lipinski definition) is 1. The Morgan fingerprint density at radius 3 is 2.80 bits per heavy atom. The molecular weight excluding hydrogens is 326 g/mol. The number of nitrogens with zero attached hydrogens (tertiary/aromatic N) is 1. The Balaban J connectivity index is 1.78. The van der Waals surface area contributed by atoms with Crippen LogP contribution in [-0.2, 0) is 16.1 Å². The number of aliphatic hydroxyl groups excluding tert-OH is 1. The van der Waals surface area contributed by atoms with Gasteiger partial charge in [-0.3, -0.25) is 9.59 Å². The number of hydrogen-bond acceptors (Lipinski definition) is 6. The summed E-state index contributed by atoms with van der Waals surface area (Å²) in [5.41, 5.74) is 0.717. The highest BCUT2D eigenvalue weighted by molar-refractivity contribution is 6.08. The topological polar surface area (TPSA) is 89.2 Å². The highest BCUT2D eigenvalue weighted by Gasteiger charge is 2.43. The first-order valence-electron chi connectivity index (χ1n) is 7.73. The van der Waals surface area contributed by atoms with Gasteiger partial charge >= 0.3 is 0 Å². The molecule has 7 heteroatoms. The van der Waals surface area contributed by atoms with Crippen molar-refractivity contribution in [2.24, 2.45) is 0 Å². The van der Waals surface area contributed by atoms with Crippen molar-refractivity contribution in [1.82, 2.24) is 4.90 Å². The summed E-state index contributed by atoms with van der Waals surface area (Å²) in [6, 6.07) is 7.92. The molecule has 1 aromatic heterocycles. The van der Waals surface area contributed by atoms with E-state index in [0.29, 0.717) is 22.8 Å². The largest absolute Gasteiger partial charge is 0.503 e. The molecule has 2 aliphatic rings. The first-order valence-corrected chi connectivity index (χ1v) is 7.73. The molecule has 0 saturated carbocycles. The summed E-state index contributed by atoms with van der Waals surface area (Å²) in [7, 11) is 0. The second-order valence-corrected chi connectivity index (χ2v) is 5.85. The number of carbonyl (C=O) groups is 2. The van der Waals surface area contributed by atoms with Gasteiger partial charge in [0.1, 0.15) is 5.76 Å². The molecule has 0 bridgehead atoms. The van der Waals surface area contributed by atoms with Crippen LogP contribution in [0.5, 0.6) is 11.5 Å². The first kappa shape index (κ1) is 15.3. The summed E-state index contributed by atoms with van der Waals surface area (Å²) in [6.45, 7) is 1.58. The molecule has 7 nitrogen and oxygen atoms in total. The van der Waals surface area contributed by atoms with Crippen LogP contribution in [0, 0.1) is 0 Å². The number of ketones is 1. The lowest BCUT2D eigenvalue weighted by Crippen LogP contribution is -2.30. The van der Waals surface area contributed by atoms with Crippen LogP contribution >= 0.6 is 0 Å². The van der Waals surface area contributed by atoms with Crippen molar-refractivity contribution in [2.45, 2.75) is 19.5 Å². The molecule has 128 valence electrons. The first-order chi connectivity index (χ1) is 12.1. The zero-order valence-corrected chi connectivity index (χ0v) is 13.4. The van der Waals surface area contributed by atoms with E-state index in [-0.39, 0.29) is 24.7 Å². The Labute approximate surface area is 143 Å². The molecule has 0 fully saturated rings. The minimum Gasteiger partial charge on any atom is -0.503 e. The SMILES string of the molecule is CC(=O)C1=C(O)C(=O)N(Cc2ccco2)[C@@H]1c1ccc2c(c1)OCO2. The molecule has 0 saturated heterocycles. The Bertz CT molecular complexity index is 883. The molecule has 1 amide bonds. The van der Waals surface area contributed by atoms with E-state index >= 15 is 0 Å². The van der Waals surface area contributed by atoms with E-state index in [4.69, 9.17) is 13.9 Å². The maximum Gasteiger partial charge on any atom is 0.290 e. The van der Waals surface area contributed by atoms with Gasteiger partial charge in [0.05, 0.1) is 24.4 Å². The van der Waals surface area contributed by atoms with Gasteiger partial charge in [0.2, 0.25) is 6.79 Å². The monoisotopic (exact) mass is 341 g/mol. The lowest BCUT2D eigenvalue weighted by molar-refractivity contribution is -0.130. The third kappa shape index (κ3) is 2.44. The number of fused-ring (bicyclic) bond motifs is 1. The summed E-state index contributed by atoms with van der Waals surface area (Å²) in [4.78, 5) is 26.0. The average molecular weight is 341 g/mol. The number of amides is 1. The summed E-state index contributed by atoms with van der Waals surface area (Å²) >= 11 is 0. The fourth-order valence-electron chi connectivity index (χ4n) is 3.18. The summed E-state index contributed by atoms with van der Waals surface area (Å²) in [5, 5.41) is 10.2. The molecule has 2 aliphatic heterocycles. The normalized spacial score (nSPS) is 19.0. The van der Waals surface area contributed by atoms with Gasteiger partial charge in [-0.1, -0.05) is 6.07 Å².